The van der Waals surface area contributed by atoms with Gasteiger partial charge in [0.1, 0.15) is 0 Å². The minimum atomic E-state index is -0.637. The van der Waals surface area contributed by atoms with Crippen molar-refractivity contribution >= 4 is 21.4 Å². The molecule has 1 aliphatic carbocycles. The van der Waals surface area contributed by atoms with Gasteiger partial charge in [0.25, 0.3) is 0 Å². The predicted octanol–water partition coefficient (Wildman–Crippen LogP) is 4.53. The van der Waals surface area contributed by atoms with Crippen LogP contribution in [0.4, 0.5) is 0 Å². The van der Waals surface area contributed by atoms with Crippen molar-refractivity contribution in [1.29, 1.82) is 0 Å². The van der Waals surface area contributed by atoms with Crippen LogP contribution in [0.15, 0.2) is 0 Å². The fourth-order valence-corrected chi connectivity index (χ4v) is 3.42. The Balaban J connectivity index is 0.000000357. The molecule has 0 spiro atoms. The first-order valence-corrected chi connectivity index (χ1v) is 18.1. The van der Waals surface area contributed by atoms with E-state index in [0.717, 1.165) is 17.8 Å². The Hall–Kier alpha value is 0.830. The molecule has 18 heavy (non-hydrogen) atoms. The molecule has 0 bridgehead atoms. The monoisotopic (exact) mass is 355 g/mol. The molecule has 1 saturated carbocycles. The van der Waals surface area contributed by atoms with Crippen LogP contribution in [0, 0.1) is 17.8 Å². The van der Waals surface area contributed by atoms with Crippen LogP contribution in [0.5, 0.6) is 0 Å². The van der Waals surface area contributed by atoms with Crippen LogP contribution in [-0.2, 0) is 0 Å². The topological polar surface area (TPSA) is 3.24 Å². The third kappa shape index (κ3) is 6.32. The van der Waals surface area contributed by atoms with E-state index >= 15 is 0 Å². The first-order valence-electron chi connectivity index (χ1n) is 8.23. The van der Waals surface area contributed by atoms with Crippen molar-refractivity contribution in [3.8, 4) is 0 Å². The predicted molar refractivity (Wildman–Crippen MR) is 84.7 cm³/mol. The molecule has 106 valence electrons. The molecular weight excluding hydrogens is 321 g/mol. The number of hydrogen-bond acceptors (Lipinski definition) is 1. The molecule has 0 aromatic heterocycles. The van der Waals surface area contributed by atoms with E-state index < -0.39 is 21.4 Å². The van der Waals surface area contributed by atoms with E-state index in [0.29, 0.717) is 0 Å². The van der Waals surface area contributed by atoms with Crippen molar-refractivity contribution in [3.05, 3.63) is 0 Å². The maximum absolute atomic E-state index is 2.66. The molecular formula is C16H34InN. The zero-order valence-electron chi connectivity index (χ0n) is 13.4. The average molecular weight is 355 g/mol. The molecule has 0 amide bonds. The zero-order chi connectivity index (χ0) is 13.5. The van der Waals surface area contributed by atoms with Gasteiger partial charge in [-0.1, -0.05) is 26.7 Å². The van der Waals surface area contributed by atoms with Crippen LogP contribution in [0.1, 0.15) is 46.0 Å². The summed E-state index contributed by atoms with van der Waals surface area (Å²) >= 11 is -0.637. The molecule has 2 rings (SSSR count). The van der Waals surface area contributed by atoms with E-state index in [4.69, 9.17) is 0 Å². The molecule has 2 fully saturated rings. The van der Waals surface area contributed by atoms with Crippen molar-refractivity contribution in [3.63, 3.8) is 0 Å². The Labute approximate surface area is 123 Å². The summed E-state index contributed by atoms with van der Waals surface area (Å²) < 4.78 is 7.13. The second-order valence-electron chi connectivity index (χ2n) is 7.27. The SMILES string of the molecule is CC1CCC(C)C1CCN1CCCC1.[CH3][In]([CH3])[CH3]. The van der Waals surface area contributed by atoms with Crippen molar-refractivity contribution in [1.82, 2.24) is 4.90 Å². The Bertz CT molecular complexity index is 198. The Kier molecular flexibility index (Phi) is 8.34. The normalized spacial score (nSPS) is 32.2. The minimum absolute atomic E-state index is 0.637. The van der Waals surface area contributed by atoms with E-state index in [1.54, 1.807) is 0 Å². The molecule has 1 saturated heterocycles. The Morgan fingerprint density at radius 1 is 0.944 bits per heavy atom. The van der Waals surface area contributed by atoms with Crippen molar-refractivity contribution in [2.45, 2.75) is 60.0 Å². The molecule has 0 N–H and O–H groups in total. The molecule has 0 aromatic rings. The molecule has 2 atom stereocenters. The standard InChI is InChI=1S/C13H25N.3CH3.In/c1-11-5-6-12(2)13(11)7-10-14-8-3-4-9-14;;;;/h11-13H,3-10H2,1-2H3;3*1H3;. The molecule has 2 heteroatoms. The third-order valence-corrected chi connectivity index (χ3v) is 4.52. The summed E-state index contributed by atoms with van der Waals surface area (Å²) in [6, 6.07) is 0. The summed E-state index contributed by atoms with van der Waals surface area (Å²) in [5.74, 6) is 3.01. The van der Waals surface area contributed by atoms with E-state index in [2.05, 4.69) is 32.8 Å². The van der Waals surface area contributed by atoms with Gasteiger partial charge in [0.15, 0.2) is 0 Å². The fraction of sp³-hybridized carbons (Fsp3) is 1.00. The van der Waals surface area contributed by atoms with Crippen LogP contribution in [0.25, 0.3) is 0 Å². The number of likely N-dealkylation sites (tertiary alicyclic amines) is 1. The molecule has 0 radical (unpaired) electrons. The van der Waals surface area contributed by atoms with Crippen LogP contribution < -0.4 is 0 Å². The number of rotatable bonds is 3. The number of hydrogen-bond donors (Lipinski definition) is 0. The van der Waals surface area contributed by atoms with Gasteiger partial charge >= 0.3 is 35.5 Å². The molecule has 1 nitrogen and oxygen atoms in total. The molecule has 1 aliphatic heterocycles. The zero-order valence-corrected chi connectivity index (χ0v) is 16.7. The molecule has 2 aliphatic rings. The van der Waals surface area contributed by atoms with Gasteiger partial charge in [-0.25, -0.2) is 0 Å². The van der Waals surface area contributed by atoms with Gasteiger partial charge in [-0.15, -0.1) is 0 Å². The van der Waals surface area contributed by atoms with Gasteiger partial charge in [-0.2, -0.15) is 0 Å². The average Bonchev–Trinajstić information content (AvgIpc) is 2.87. The third-order valence-electron chi connectivity index (χ3n) is 4.52. The van der Waals surface area contributed by atoms with Gasteiger partial charge < -0.3 is 4.90 Å². The van der Waals surface area contributed by atoms with Gasteiger partial charge in [-0.3, -0.25) is 0 Å². The van der Waals surface area contributed by atoms with Crippen LogP contribution >= 0.6 is 0 Å². The first-order chi connectivity index (χ1) is 8.50. The molecule has 2 unspecified atom stereocenters. The quantitative estimate of drug-likeness (QED) is 0.719. The maximum atomic E-state index is 2.66. The summed E-state index contributed by atoms with van der Waals surface area (Å²) in [7, 11) is 0. The van der Waals surface area contributed by atoms with Gasteiger partial charge in [0, 0.05) is 0 Å². The van der Waals surface area contributed by atoms with E-state index in [1.165, 1.54) is 51.7 Å². The van der Waals surface area contributed by atoms with Gasteiger partial charge in [0.05, 0.1) is 0 Å². The first kappa shape index (κ1) is 16.9. The van der Waals surface area contributed by atoms with E-state index in [9.17, 15) is 0 Å². The second kappa shape index (κ2) is 8.89. The Morgan fingerprint density at radius 2 is 1.39 bits per heavy atom. The second-order valence-corrected chi connectivity index (χ2v) is 17.2. The van der Waals surface area contributed by atoms with E-state index in [-0.39, 0.29) is 0 Å². The summed E-state index contributed by atoms with van der Waals surface area (Å²) in [6.45, 7) is 9.03. The summed E-state index contributed by atoms with van der Waals surface area (Å²) in [4.78, 5) is 2.66. The van der Waals surface area contributed by atoms with Gasteiger partial charge in [0.2, 0.25) is 0 Å². The van der Waals surface area contributed by atoms with Gasteiger partial charge in [-0.05, 0) is 56.7 Å². The van der Waals surface area contributed by atoms with Crippen LogP contribution in [-0.4, -0.2) is 46.0 Å². The van der Waals surface area contributed by atoms with E-state index in [1.807, 2.05) is 0 Å². The summed E-state index contributed by atoms with van der Waals surface area (Å²) in [6.07, 6.45) is 7.30. The Morgan fingerprint density at radius 3 is 1.83 bits per heavy atom. The van der Waals surface area contributed by atoms with Crippen molar-refractivity contribution in [2.75, 3.05) is 19.6 Å². The molecule has 0 aromatic carbocycles. The summed E-state index contributed by atoms with van der Waals surface area (Å²) in [5.41, 5.74) is 0. The molecule has 1 heterocycles. The summed E-state index contributed by atoms with van der Waals surface area (Å²) in [5, 5.41) is 0. The number of nitrogens with zero attached hydrogens (tertiary/aromatic N) is 1. The fourth-order valence-electron chi connectivity index (χ4n) is 3.42. The van der Waals surface area contributed by atoms with Crippen molar-refractivity contribution in [2.24, 2.45) is 17.8 Å². The van der Waals surface area contributed by atoms with Crippen LogP contribution in [0.3, 0.4) is 0 Å². The van der Waals surface area contributed by atoms with Crippen LogP contribution in [0.2, 0.25) is 14.0 Å². The van der Waals surface area contributed by atoms with Crippen molar-refractivity contribution < 1.29 is 0 Å².